The lowest BCUT2D eigenvalue weighted by Crippen LogP contribution is -1.87. The molecule has 0 saturated carbocycles. The highest BCUT2D eigenvalue weighted by atomic mass is 35.5. The zero-order chi connectivity index (χ0) is 14.6. The van der Waals surface area contributed by atoms with Gasteiger partial charge in [-0.1, -0.05) is 22.9 Å². The molecular formula is C14H8ClFN4S. The molecule has 0 fully saturated rings. The van der Waals surface area contributed by atoms with E-state index in [9.17, 15) is 4.39 Å². The van der Waals surface area contributed by atoms with Crippen molar-refractivity contribution in [1.82, 2.24) is 19.5 Å². The van der Waals surface area contributed by atoms with Gasteiger partial charge in [0.15, 0.2) is 5.15 Å². The molecule has 0 unspecified atom stereocenters. The van der Waals surface area contributed by atoms with E-state index in [2.05, 4.69) is 15.0 Å². The number of aryl methyl sites for hydroxylation is 1. The van der Waals surface area contributed by atoms with Crippen molar-refractivity contribution in [2.45, 2.75) is 0 Å². The first-order chi connectivity index (χ1) is 10.1. The lowest BCUT2D eigenvalue weighted by molar-refractivity contribution is 0.628. The molecule has 0 N–H and O–H groups in total. The van der Waals surface area contributed by atoms with Crippen molar-refractivity contribution in [3.05, 3.63) is 41.6 Å². The minimum Gasteiger partial charge on any atom is -0.332 e. The molecule has 4 aromatic rings. The van der Waals surface area contributed by atoms with Crippen molar-refractivity contribution in [3.63, 3.8) is 0 Å². The maximum Gasteiger partial charge on any atom is 0.158 e. The van der Waals surface area contributed by atoms with Gasteiger partial charge in [-0.25, -0.2) is 19.3 Å². The van der Waals surface area contributed by atoms with Crippen LogP contribution < -0.4 is 0 Å². The number of halogens is 2. The molecule has 0 amide bonds. The van der Waals surface area contributed by atoms with Gasteiger partial charge in [0, 0.05) is 12.6 Å². The molecule has 7 heteroatoms. The van der Waals surface area contributed by atoms with Crippen molar-refractivity contribution in [2.24, 2.45) is 7.05 Å². The van der Waals surface area contributed by atoms with Gasteiger partial charge in [-0.15, -0.1) is 0 Å². The molecule has 0 radical (unpaired) electrons. The van der Waals surface area contributed by atoms with E-state index < -0.39 is 0 Å². The third-order valence-electron chi connectivity index (χ3n) is 3.26. The Hall–Kier alpha value is -2.05. The largest absolute Gasteiger partial charge is 0.332 e. The predicted molar refractivity (Wildman–Crippen MR) is 82.1 cm³/mol. The van der Waals surface area contributed by atoms with Gasteiger partial charge in [0.2, 0.25) is 0 Å². The molecule has 4 nitrogen and oxygen atoms in total. The van der Waals surface area contributed by atoms with Crippen LogP contribution in [0.1, 0.15) is 0 Å². The molecule has 21 heavy (non-hydrogen) atoms. The molecule has 104 valence electrons. The van der Waals surface area contributed by atoms with E-state index >= 15 is 0 Å². The van der Waals surface area contributed by atoms with Crippen LogP contribution in [0.15, 0.2) is 30.6 Å². The molecule has 0 bridgehead atoms. The molecule has 0 saturated heterocycles. The quantitative estimate of drug-likeness (QED) is 0.497. The van der Waals surface area contributed by atoms with Crippen LogP contribution in [0, 0.1) is 5.82 Å². The lowest BCUT2D eigenvalue weighted by atomic mass is 10.2. The van der Waals surface area contributed by atoms with Gasteiger partial charge in [-0.3, -0.25) is 0 Å². The fourth-order valence-electron chi connectivity index (χ4n) is 2.26. The number of rotatable bonds is 1. The number of fused-ring (bicyclic) bond motifs is 3. The Morgan fingerprint density at radius 3 is 2.67 bits per heavy atom. The molecule has 1 aromatic carbocycles. The summed E-state index contributed by atoms with van der Waals surface area (Å²) < 4.78 is 14.9. The second-order valence-corrected chi connectivity index (χ2v) is 5.97. The van der Waals surface area contributed by atoms with E-state index in [1.54, 1.807) is 18.5 Å². The van der Waals surface area contributed by atoms with E-state index in [0.29, 0.717) is 10.7 Å². The molecule has 3 aromatic heterocycles. The van der Waals surface area contributed by atoms with Crippen LogP contribution in [0.3, 0.4) is 0 Å². The number of hydrogen-bond acceptors (Lipinski definition) is 4. The highest BCUT2D eigenvalue weighted by molar-refractivity contribution is 7.21. The van der Waals surface area contributed by atoms with Crippen molar-refractivity contribution in [1.29, 1.82) is 0 Å². The minimum atomic E-state index is -0.268. The maximum absolute atomic E-state index is 13.0. The summed E-state index contributed by atoms with van der Waals surface area (Å²) in [6.07, 6.45) is 1.69. The van der Waals surface area contributed by atoms with E-state index in [0.717, 1.165) is 26.4 Å². The number of thiazole rings is 1. The normalized spacial score (nSPS) is 11.6. The smallest absolute Gasteiger partial charge is 0.158 e. The zero-order valence-corrected chi connectivity index (χ0v) is 12.4. The van der Waals surface area contributed by atoms with Gasteiger partial charge in [0.05, 0.1) is 6.33 Å². The topological polar surface area (TPSA) is 43.6 Å². The van der Waals surface area contributed by atoms with E-state index in [1.165, 1.54) is 23.5 Å². The van der Waals surface area contributed by atoms with Crippen molar-refractivity contribution in [2.75, 3.05) is 0 Å². The van der Waals surface area contributed by atoms with Crippen LogP contribution in [-0.4, -0.2) is 19.5 Å². The zero-order valence-electron chi connectivity index (χ0n) is 10.8. The summed E-state index contributed by atoms with van der Waals surface area (Å²) in [5, 5.41) is 1.15. The van der Waals surface area contributed by atoms with Gasteiger partial charge in [0.25, 0.3) is 0 Å². The van der Waals surface area contributed by atoms with Gasteiger partial charge in [0.1, 0.15) is 32.2 Å². The Morgan fingerprint density at radius 1 is 1.14 bits per heavy atom. The van der Waals surface area contributed by atoms with Crippen molar-refractivity contribution < 1.29 is 4.39 Å². The second-order valence-electron chi connectivity index (χ2n) is 4.63. The number of hydrogen-bond donors (Lipinski definition) is 0. The maximum atomic E-state index is 13.0. The van der Waals surface area contributed by atoms with Crippen molar-refractivity contribution in [3.8, 4) is 10.6 Å². The van der Waals surface area contributed by atoms with Gasteiger partial charge < -0.3 is 4.57 Å². The third-order valence-corrected chi connectivity index (χ3v) is 4.52. The predicted octanol–water partition coefficient (Wildman–Crippen LogP) is 4.04. The Bertz CT molecular complexity index is 974. The highest BCUT2D eigenvalue weighted by Gasteiger charge is 2.16. The van der Waals surface area contributed by atoms with E-state index in [4.69, 9.17) is 11.6 Å². The van der Waals surface area contributed by atoms with E-state index in [-0.39, 0.29) is 5.82 Å². The first-order valence-corrected chi connectivity index (χ1v) is 7.36. The summed E-state index contributed by atoms with van der Waals surface area (Å²) in [7, 11) is 1.89. The number of aromatic nitrogens is 4. The van der Waals surface area contributed by atoms with Gasteiger partial charge >= 0.3 is 0 Å². The van der Waals surface area contributed by atoms with Gasteiger partial charge in [-0.05, 0) is 24.3 Å². The molecule has 3 heterocycles. The highest BCUT2D eigenvalue weighted by Crippen LogP contribution is 2.34. The van der Waals surface area contributed by atoms with Gasteiger partial charge in [-0.2, -0.15) is 0 Å². The Labute approximate surface area is 127 Å². The third kappa shape index (κ3) is 1.91. The Balaban J connectivity index is 2.03. The summed E-state index contributed by atoms with van der Waals surface area (Å²) in [6.45, 7) is 0. The van der Waals surface area contributed by atoms with Crippen LogP contribution in [0.4, 0.5) is 4.39 Å². The number of imidazole rings is 1. The number of nitrogens with zero attached hydrogens (tertiary/aromatic N) is 4. The molecule has 4 rings (SSSR count). The molecular weight excluding hydrogens is 311 g/mol. The standard InChI is InChI=1S/C14H8ClFN4S/c1-20-6-17-9-11(20)10-14(19-12(9)15)21-13(18-10)7-2-4-8(16)5-3-7/h2-6H,1H3. The average molecular weight is 319 g/mol. The Morgan fingerprint density at radius 2 is 1.90 bits per heavy atom. The molecule has 0 aliphatic heterocycles. The Kier molecular flexibility index (Phi) is 2.70. The summed E-state index contributed by atoms with van der Waals surface area (Å²) in [5.41, 5.74) is 3.11. The molecule has 0 aliphatic rings. The summed E-state index contributed by atoms with van der Waals surface area (Å²) in [5.74, 6) is -0.268. The van der Waals surface area contributed by atoms with Crippen LogP contribution in [0.5, 0.6) is 0 Å². The number of benzene rings is 1. The van der Waals surface area contributed by atoms with Crippen LogP contribution >= 0.6 is 22.9 Å². The SMILES string of the molecule is Cn1cnc2c(Cl)nc3sc(-c4ccc(F)cc4)nc3c21. The summed E-state index contributed by atoms with van der Waals surface area (Å²) >= 11 is 7.59. The van der Waals surface area contributed by atoms with Crippen LogP contribution in [0.2, 0.25) is 5.15 Å². The van der Waals surface area contributed by atoms with Crippen LogP contribution in [0.25, 0.3) is 32.0 Å². The van der Waals surface area contributed by atoms with E-state index in [1.807, 2.05) is 11.6 Å². The first-order valence-electron chi connectivity index (χ1n) is 6.16. The first kappa shape index (κ1) is 12.7. The molecule has 0 atom stereocenters. The molecule has 0 aliphatic carbocycles. The van der Waals surface area contributed by atoms with Crippen LogP contribution in [-0.2, 0) is 7.05 Å². The van der Waals surface area contributed by atoms with Crippen molar-refractivity contribution >= 4 is 44.3 Å². The number of pyridine rings is 1. The fraction of sp³-hybridized carbons (Fsp3) is 0.0714. The monoisotopic (exact) mass is 318 g/mol. The molecule has 0 spiro atoms. The summed E-state index contributed by atoms with van der Waals surface area (Å²) in [6, 6.07) is 6.24. The fourth-order valence-corrected chi connectivity index (χ4v) is 3.48. The minimum absolute atomic E-state index is 0.268. The summed E-state index contributed by atoms with van der Waals surface area (Å²) in [4.78, 5) is 14.0. The second kappa shape index (κ2) is 4.47. The average Bonchev–Trinajstić information content (AvgIpc) is 3.04. The lowest BCUT2D eigenvalue weighted by Gasteiger charge is -1.96.